The van der Waals surface area contributed by atoms with Crippen LogP contribution >= 0.6 is 11.3 Å². The molecule has 0 unspecified atom stereocenters. The molecule has 0 spiro atoms. The summed E-state index contributed by atoms with van der Waals surface area (Å²) in [4.78, 5) is 34.8. The van der Waals surface area contributed by atoms with Crippen molar-refractivity contribution in [1.82, 2.24) is 9.88 Å². The van der Waals surface area contributed by atoms with Gasteiger partial charge in [-0.15, -0.1) is 11.3 Å². The van der Waals surface area contributed by atoms with Crippen LogP contribution in [0.5, 0.6) is 0 Å². The summed E-state index contributed by atoms with van der Waals surface area (Å²) in [5.74, 6) is -0.339. The van der Waals surface area contributed by atoms with Crippen molar-refractivity contribution in [2.24, 2.45) is 5.92 Å². The van der Waals surface area contributed by atoms with E-state index in [1.807, 2.05) is 18.7 Å². The number of nitrogens with one attached hydrogen (secondary N) is 1. The van der Waals surface area contributed by atoms with Crippen molar-refractivity contribution in [1.29, 1.82) is 0 Å². The first-order chi connectivity index (χ1) is 14.4. The number of rotatable bonds is 4. The van der Waals surface area contributed by atoms with E-state index >= 15 is 0 Å². The van der Waals surface area contributed by atoms with Crippen LogP contribution < -0.4 is 10.2 Å². The topological polar surface area (TPSA) is 65.5 Å². The Morgan fingerprint density at radius 3 is 2.77 bits per heavy atom. The normalized spacial score (nSPS) is 18.8. The molecule has 2 aromatic rings. The lowest BCUT2D eigenvalue weighted by atomic mass is 9.90. The van der Waals surface area contributed by atoms with Gasteiger partial charge in [0, 0.05) is 49.1 Å². The number of hydrogen-bond donors (Lipinski definition) is 1. The highest BCUT2D eigenvalue weighted by Gasteiger charge is 2.30. The molecule has 1 aromatic carbocycles. The van der Waals surface area contributed by atoms with Crippen LogP contribution in [-0.4, -0.2) is 47.9 Å². The highest BCUT2D eigenvalue weighted by atomic mass is 32.1. The van der Waals surface area contributed by atoms with Gasteiger partial charge in [-0.2, -0.15) is 0 Å². The van der Waals surface area contributed by atoms with Crippen LogP contribution in [-0.2, 0) is 22.4 Å². The lowest BCUT2D eigenvalue weighted by Crippen LogP contribution is -2.48. The second-order valence-electron chi connectivity index (χ2n) is 7.98. The van der Waals surface area contributed by atoms with Crippen LogP contribution in [0.25, 0.3) is 0 Å². The van der Waals surface area contributed by atoms with E-state index in [9.17, 15) is 14.0 Å². The van der Waals surface area contributed by atoms with Gasteiger partial charge in [0.05, 0.1) is 5.69 Å². The third-order valence-electron chi connectivity index (χ3n) is 5.96. The highest BCUT2D eigenvalue weighted by molar-refractivity contribution is 7.15. The van der Waals surface area contributed by atoms with E-state index in [0.29, 0.717) is 18.5 Å². The summed E-state index contributed by atoms with van der Waals surface area (Å²) >= 11 is 1.66. The minimum atomic E-state index is -0.352. The molecule has 1 aliphatic heterocycles. The molecule has 1 aliphatic carbocycles. The number of aryl methyl sites for hydroxylation is 2. The predicted molar refractivity (Wildman–Crippen MR) is 116 cm³/mol. The standard InChI is InChI=1S/C22H27FN4O2S/c1-3-20(28)26-8-10-27(11-9-26)22-25-17-7-5-15(12-19(17)30-22)21(29)24-18-13-16(23)6-4-14(18)2/h4,6,13,15H,3,5,7-12H2,1-2H3,(H,24,29)/t15-/m0/s1. The predicted octanol–water partition coefficient (Wildman–Crippen LogP) is 3.39. The van der Waals surface area contributed by atoms with E-state index in [1.54, 1.807) is 17.4 Å². The summed E-state index contributed by atoms with van der Waals surface area (Å²) in [7, 11) is 0. The Bertz CT molecular complexity index is 953. The number of piperazine rings is 1. The molecule has 1 N–H and O–H groups in total. The van der Waals surface area contributed by atoms with Gasteiger partial charge in [0.25, 0.3) is 0 Å². The van der Waals surface area contributed by atoms with Crippen molar-refractivity contribution >= 4 is 34.0 Å². The van der Waals surface area contributed by atoms with Gasteiger partial charge >= 0.3 is 0 Å². The number of nitrogens with zero attached hydrogens (tertiary/aromatic N) is 3. The maximum absolute atomic E-state index is 13.5. The fourth-order valence-corrected chi connectivity index (χ4v) is 5.29. The zero-order valence-corrected chi connectivity index (χ0v) is 18.2. The van der Waals surface area contributed by atoms with Crippen LogP contribution in [0.4, 0.5) is 15.2 Å². The molecule has 1 fully saturated rings. The van der Waals surface area contributed by atoms with E-state index in [2.05, 4.69) is 10.2 Å². The van der Waals surface area contributed by atoms with Gasteiger partial charge in [-0.05, 0) is 43.9 Å². The molecule has 1 aromatic heterocycles. The number of thiazole rings is 1. The number of fused-ring (bicyclic) bond motifs is 1. The van der Waals surface area contributed by atoms with Gasteiger partial charge in [-0.25, -0.2) is 9.37 Å². The molecule has 2 amide bonds. The van der Waals surface area contributed by atoms with Crippen LogP contribution in [0.15, 0.2) is 18.2 Å². The SMILES string of the molecule is CCC(=O)N1CCN(c2nc3c(s2)C[C@@H](C(=O)Nc2cc(F)ccc2C)CC3)CC1. The van der Waals surface area contributed by atoms with Crippen molar-refractivity contribution in [3.63, 3.8) is 0 Å². The van der Waals surface area contributed by atoms with Crippen molar-refractivity contribution in [3.8, 4) is 0 Å². The Hall–Kier alpha value is -2.48. The average molecular weight is 431 g/mol. The molecule has 0 saturated carbocycles. The molecule has 4 rings (SSSR count). The number of anilines is 2. The Labute approximate surface area is 180 Å². The van der Waals surface area contributed by atoms with E-state index in [1.165, 1.54) is 17.0 Å². The van der Waals surface area contributed by atoms with Crippen molar-refractivity contribution in [2.75, 3.05) is 36.4 Å². The summed E-state index contributed by atoms with van der Waals surface area (Å²) < 4.78 is 13.5. The molecule has 0 radical (unpaired) electrons. The molecular weight excluding hydrogens is 403 g/mol. The van der Waals surface area contributed by atoms with Crippen LogP contribution in [0.1, 0.15) is 35.9 Å². The smallest absolute Gasteiger partial charge is 0.227 e. The molecule has 160 valence electrons. The first kappa shape index (κ1) is 20.8. The van der Waals surface area contributed by atoms with E-state index in [-0.39, 0.29) is 23.5 Å². The van der Waals surface area contributed by atoms with Crippen molar-refractivity contribution < 1.29 is 14.0 Å². The Morgan fingerprint density at radius 2 is 2.03 bits per heavy atom. The molecule has 30 heavy (non-hydrogen) atoms. The number of hydrogen-bond acceptors (Lipinski definition) is 5. The third kappa shape index (κ3) is 4.33. The number of benzene rings is 1. The van der Waals surface area contributed by atoms with E-state index in [0.717, 1.165) is 55.4 Å². The van der Waals surface area contributed by atoms with E-state index < -0.39 is 0 Å². The van der Waals surface area contributed by atoms with Crippen LogP contribution in [0.2, 0.25) is 0 Å². The zero-order chi connectivity index (χ0) is 21.3. The van der Waals surface area contributed by atoms with Crippen molar-refractivity contribution in [2.45, 2.75) is 39.5 Å². The molecule has 6 nitrogen and oxygen atoms in total. The Kier molecular flexibility index (Phi) is 6.04. The summed E-state index contributed by atoms with van der Waals surface area (Å²) in [5.41, 5.74) is 2.48. The number of amides is 2. The number of aromatic nitrogens is 1. The molecule has 2 aliphatic rings. The summed E-state index contributed by atoms with van der Waals surface area (Å²) in [6, 6.07) is 4.44. The maximum Gasteiger partial charge on any atom is 0.227 e. The lowest BCUT2D eigenvalue weighted by Gasteiger charge is -2.34. The molecule has 8 heteroatoms. The number of carbonyl (C=O) groups is 2. The summed E-state index contributed by atoms with van der Waals surface area (Å²) in [5, 5.41) is 3.89. The molecule has 1 saturated heterocycles. The number of halogens is 1. The molecular formula is C22H27FN4O2S. The van der Waals surface area contributed by atoms with E-state index in [4.69, 9.17) is 4.98 Å². The molecule has 0 bridgehead atoms. The van der Waals surface area contributed by atoms with Gasteiger partial charge < -0.3 is 15.1 Å². The zero-order valence-electron chi connectivity index (χ0n) is 17.4. The average Bonchev–Trinajstić information content (AvgIpc) is 3.19. The Balaban J connectivity index is 1.39. The van der Waals surface area contributed by atoms with Gasteiger partial charge in [0.2, 0.25) is 11.8 Å². The van der Waals surface area contributed by atoms with Gasteiger partial charge in [-0.1, -0.05) is 13.0 Å². The molecule has 1 atom stereocenters. The maximum atomic E-state index is 13.5. The first-order valence-corrected chi connectivity index (χ1v) is 11.3. The monoisotopic (exact) mass is 430 g/mol. The largest absolute Gasteiger partial charge is 0.345 e. The number of carbonyl (C=O) groups excluding carboxylic acids is 2. The second kappa shape index (κ2) is 8.71. The van der Waals surface area contributed by atoms with Crippen LogP contribution in [0.3, 0.4) is 0 Å². The quantitative estimate of drug-likeness (QED) is 0.808. The fraction of sp³-hybridized carbons (Fsp3) is 0.500. The fourth-order valence-electron chi connectivity index (χ4n) is 4.05. The summed E-state index contributed by atoms with van der Waals surface area (Å²) in [6.45, 7) is 6.80. The van der Waals surface area contributed by atoms with Gasteiger partial charge in [0.1, 0.15) is 5.82 Å². The molecule has 2 heterocycles. The third-order valence-corrected chi connectivity index (χ3v) is 7.14. The van der Waals surface area contributed by atoms with Gasteiger partial charge in [0.15, 0.2) is 5.13 Å². The second-order valence-corrected chi connectivity index (χ2v) is 9.04. The first-order valence-electron chi connectivity index (χ1n) is 10.5. The summed E-state index contributed by atoms with van der Waals surface area (Å²) in [6.07, 6.45) is 2.74. The van der Waals surface area contributed by atoms with Crippen molar-refractivity contribution in [3.05, 3.63) is 40.2 Å². The van der Waals surface area contributed by atoms with Gasteiger partial charge in [-0.3, -0.25) is 9.59 Å². The lowest BCUT2D eigenvalue weighted by molar-refractivity contribution is -0.131. The minimum Gasteiger partial charge on any atom is -0.345 e. The minimum absolute atomic E-state index is 0.0593. The Morgan fingerprint density at radius 1 is 1.27 bits per heavy atom. The highest BCUT2D eigenvalue weighted by Crippen LogP contribution is 2.35. The van der Waals surface area contributed by atoms with Crippen LogP contribution in [0, 0.1) is 18.7 Å².